The van der Waals surface area contributed by atoms with Gasteiger partial charge in [0, 0.05) is 32.0 Å². The highest BCUT2D eigenvalue weighted by atomic mass is 15.2. The summed E-state index contributed by atoms with van der Waals surface area (Å²) < 4.78 is 0. The Kier molecular flexibility index (Phi) is 8.44. The van der Waals surface area contributed by atoms with Gasteiger partial charge in [0.05, 0.1) is 13.1 Å². The summed E-state index contributed by atoms with van der Waals surface area (Å²) in [6.07, 6.45) is 5.30. The first-order valence-electron chi connectivity index (χ1n) is 6.77. The van der Waals surface area contributed by atoms with E-state index in [1.165, 1.54) is 0 Å². The van der Waals surface area contributed by atoms with Crippen molar-refractivity contribution in [3.8, 4) is 6.19 Å². The molecule has 0 unspecified atom stereocenters. The molecule has 0 saturated carbocycles. The van der Waals surface area contributed by atoms with Gasteiger partial charge in [0.1, 0.15) is 5.82 Å². The maximum Gasteiger partial charge on any atom is 0.204 e. The van der Waals surface area contributed by atoms with Crippen molar-refractivity contribution in [3.63, 3.8) is 0 Å². The van der Waals surface area contributed by atoms with Gasteiger partial charge in [-0.3, -0.25) is 10.3 Å². The Labute approximate surface area is 125 Å². The Morgan fingerprint density at radius 1 is 1.33 bits per heavy atom. The van der Waals surface area contributed by atoms with Crippen molar-refractivity contribution < 1.29 is 0 Å². The van der Waals surface area contributed by atoms with Crippen molar-refractivity contribution in [2.75, 3.05) is 40.3 Å². The van der Waals surface area contributed by atoms with Gasteiger partial charge in [0.25, 0.3) is 0 Å². The molecule has 21 heavy (non-hydrogen) atoms. The smallest absolute Gasteiger partial charge is 0.204 e. The number of rotatable bonds is 8. The molecular weight excluding hydrogens is 268 g/mol. The van der Waals surface area contributed by atoms with Crippen LogP contribution in [0.15, 0.2) is 23.5 Å². The summed E-state index contributed by atoms with van der Waals surface area (Å²) in [5.41, 5.74) is 0. The van der Waals surface area contributed by atoms with Crippen LogP contribution in [0.1, 0.15) is 5.82 Å². The van der Waals surface area contributed by atoms with Gasteiger partial charge in [-0.2, -0.15) is 5.26 Å². The zero-order valence-electron chi connectivity index (χ0n) is 12.5. The minimum Gasteiger partial charge on any atom is -0.354 e. The van der Waals surface area contributed by atoms with Gasteiger partial charge in [-0.25, -0.2) is 9.97 Å². The van der Waals surface area contributed by atoms with Crippen molar-refractivity contribution in [1.82, 2.24) is 30.8 Å². The average Bonchev–Trinajstić information content (AvgIpc) is 2.47. The minimum atomic E-state index is 0.497. The van der Waals surface area contributed by atoms with E-state index in [9.17, 15) is 0 Å². The molecule has 0 atom stereocenters. The summed E-state index contributed by atoms with van der Waals surface area (Å²) in [5.74, 6) is 1.25. The van der Waals surface area contributed by atoms with Gasteiger partial charge in [0.15, 0.2) is 6.19 Å². The number of hydrogen-bond acceptors (Lipinski definition) is 6. The van der Waals surface area contributed by atoms with Gasteiger partial charge >= 0.3 is 0 Å². The third-order valence-electron chi connectivity index (χ3n) is 2.49. The molecule has 0 radical (unpaired) electrons. The molecule has 0 amide bonds. The summed E-state index contributed by atoms with van der Waals surface area (Å²) in [7, 11) is 3.98. The van der Waals surface area contributed by atoms with E-state index in [-0.39, 0.29) is 0 Å². The largest absolute Gasteiger partial charge is 0.354 e. The van der Waals surface area contributed by atoms with E-state index >= 15 is 0 Å². The fraction of sp³-hybridized carbons (Fsp3) is 0.538. The zero-order chi connectivity index (χ0) is 15.3. The SMILES string of the molecule is CN(C)CCNC(=NCCNCc1ncccn1)NC#N. The highest BCUT2D eigenvalue weighted by molar-refractivity contribution is 5.81. The molecule has 0 aliphatic heterocycles. The molecule has 0 bridgehead atoms. The topological polar surface area (TPSA) is 101 Å². The number of nitriles is 1. The monoisotopic (exact) mass is 290 g/mol. The molecule has 114 valence electrons. The summed E-state index contributed by atoms with van der Waals surface area (Å²) >= 11 is 0. The van der Waals surface area contributed by atoms with E-state index < -0.39 is 0 Å². The fourth-order valence-electron chi connectivity index (χ4n) is 1.46. The quantitative estimate of drug-likeness (QED) is 0.188. The normalized spacial score (nSPS) is 11.2. The van der Waals surface area contributed by atoms with Crippen LogP contribution in [0.2, 0.25) is 0 Å². The van der Waals surface area contributed by atoms with Gasteiger partial charge in [-0.15, -0.1) is 0 Å². The van der Waals surface area contributed by atoms with Crippen LogP contribution in [0.4, 0.5) is 0 Å². The van der Waals surface area contributed by atoms with Crippen LogP contribution in [0, 0.1) is 11.5 Å². The third-order valence-corrected chi connectivity index (χ3v) is 2.49. The molecule has 0 spiro atoms. The van der Waals surface area contributed by atoms with Crippen LogP contribution in [-0.4, -0.2) is 61.1 Å². The van der Waals surface area contributed by atoms with Crippen LogP contribution in [-0.2, 0) is 6.54 Å². The van der Waals surface area contributed by atoms with Crippen LogP contribution in [0.5, 0.6) is 0 Å². The molecule has 1 heterocycles. The number of nitrogens with one attached hydrogen (secondary N) is 3. The molecule has 1 rings (SSSR count). The number of likely N-dealkylation sites (N-methyl/N-ethyl adjacent to an activating group) is 1. The van der Waals surface area contributed by atoms with Crippen molar-refractivity contribution in [2.24, 2.45) is 4.99 Å². The maximum absolute atomic E-state index is 8.67. The molecule has 3 N–H and O–H groups in total. The predicted octanol–water partition coefficient (Wildman–Crippen LogP) is -0.856. The van der Waals surface area contributed by atoms with Crippen molar-refractivity contribution in [1.29, 1.82) is 5.26 Å². The molecule has 8 heteroatoms. The first-order valence-corrected chi connectivity index (χ1v) is 6.77. The third kappa shape index (κ3) is 8.52. The predicted molar refractivity (Wildman–Crippen MR) is 81.3 cm³/mol. The summed E-state index contributed by atoms with van der Waals surface area (Å²) in [4.78, 5) is 14.6. The van der Waals surface area contributed by atoms with Crippen molar-refractivity contribution in [3.05, 3.63) is 24.3 Å². The van der Waals surface area contributed by atoms with E-state index in [0.717, 1.165) is 18.9 Å². The second-order valence-corrected chi connectivity index (χ2v) is 4.54. The van der Waals surface area contributed by atoms with E-state index in [0.29, 0.717) is 25.6 Å². The lowest BCUT2D eigenvalue weighted by atomic mass is 10.5. The Morgan fingerprint density at radius 3 is 2.76 bits per heavy atom. The van der Waals surface area contributed by atoms with Crippen LogP contribution in [0.3, 0.4) is 0 Å². The average molecular weight is 290 g/mol. The molecule has 1 aromatic heterocycles. The van der Waals surface area contributed by atoms with Gasteiger partial charge in [-0.05, 0) is 20.2 Å². The molecule has 0 fully saturated rings. The second kappa shape index (κ2) is 10.5. The molecule has 0 saturated heterocycles. The van der Waals surface area contributed by atoms with Crippen LogP contribution >= 0.6 is 0 Å². The van der Waals surface area contributed by atoms with E-state index in [1.807, 2.05) is 20.3 Å². The zero-order valence-corrected chi connectivity index (χ0v) is 12.5. The van der Waals surface area contributed by atoms with E-state index in [2.05, 4.69) is 35.8 Å². The fourth-order valence-corrected chi connectivity index (χ4v) is 1.46. The Balaban J connectivity index is 2.22. The molecule has 0 aliphatic rings. The van der Waals surface area contributed by atoms with E-state index in [1.54, 1.807) is 18.5 Å². The number of aliphatic imine (C=N–C) groups is 1. The Bertz CT molecular complexity index is 451. The highest BCUT2D eigenvalue weighted by Crippen LogP contribution is 1.85. The Hall–Kier alpha value is -2.24. The summed E-state index contributed by atoms with van der Waals surface area (Å²) in [6, 6.07) is 1.78. The molecule has 0 aromatic carbocycles. The van der Waals surface area contributed by atoms with Gasteiger partial charge < -0.3 is 15.5 Å². The van der Waals surface area contributed by atoms with Crippen LogP contribution < -0.4 is 16.0 Å². The number of guanidine groups is 1. The molecule has 0 aliphatic carbocycles. The van der Waals surface area contributed by atoms with Gasteiger partial charge in [0.2, 0.25) is 5.96 Å². The Morgan fingerprint density at radius 2 is 2.10 bits per heavy atom. The molecular formula is C13H22N8. The number of nitrogens with zero attached hydrogens (tertiary/aromatic N) is 5. The van der Waals surface area contributed by atoms with Crippen molar-refractivity contribution in [2.45, 2.75) is 6.54 Å². The first kappa shape index (κ1) is 16.8. The summed E-state index contributed by atoms with van der Waals surface area (Å²) in [6.45, 7) is 3.45. The van der Waals surface area contributed by atoms with Gasteiger partial charge in [-0.1, -0.05) is 0 Å². The lowest BCUT2D eigenvalue weighted by Gasteiger charge is -2.12. The lowest BCUT2D eigenvalue weighted by molar-refractivity contribution is 0.412. The first-order chi connectivity index (χ1) is 10.2. The minimum absolute atomic E-state index is 0.497. The maximum atomic E-state index is 8.67. The number of aromatic nitrogens is 2. The van der Waals surface area contributed by atoms with Crippen LogP contribution in [0.25, 0.3) is 0 Å². The summed E-state index contributed by atoms with van der Waals surface area (Å²) in [5, 5.41) is 17.5. The lowest BCUT2D eigenvalue weighted by Crippen LogP contribution is -2.39. The van der Waals surface area contributed by atoms with Crippen molar-refractivity contribution >= 4 is 5.96 Å². The standard InChI is InChI=1S/C13H22N8/c1-21(2)9-8-19-13(20-11-14)18-7-6-15-10-12-16-4-3-5-17-12/h3-5,15H,6-10H2,1-2H3,(H2,18,19,20). The molecule has 8 nitrogen and oxygen atoms in total. The second-order valence-electron chi connectivity index (χ2n) is 4.54. The number of hydrogen-bond donors (Lipinski definition) is 3. The highest BCUT2D eigenvalue weighted by Gasteiger charge is 1.98. The molecule has 1 aromatic rings. The van der Waals surface area contributed by atoms with E-state index in [4.69, 9.17) is 5.26 Å².